The number of rotatable bonds is 5. The van der Waals surface area contributed by atoms with Crippen molar-refractivity contribution in [1.29, 1.82) is 0 Å². The molecular formula is C21H22N4O. The van der Waals surface area contributed by atoms with Gasteiger partial charge in [-0.3, -0.25) is 9.89 Å². The Balaban J connectivity index is 1.63. The van der Waals surface area contributed by atoms with E-state index in [1.165, 1.54) is 5.56 Å². The van der Waals surface area contributed by atoms with Gasteiger partial charge in [0, 0.05) is 17.5 Å². The first-order valence-corrected chi connectivity index (χ1v) is 9.09. The molecule has 0 spiro atoms. The van der Waals surface area contributed by atoms with Crippen LogP contribution < -0.4 is 5.32 Å². The topological polar surface area (TPSA) is 70.7 Å². The van der Waals surface area contributed by atoms with E-state index < -0.39 is 0 Å². The van der Waals surface area contributed by atoms with E-state index >= 15 is 0 Å². The van der Waals surface area contributed by atoms with Crippen molar-refractivity contribution in [2.75, 3.05) is 0 Å². The highest BCUT2D eigenvalue weighted by Crippen LogP contribution is 2.25. The van der Waals surface area contributed by atoms with Crippen LogP contribution in [0.3, 0.4) is 0 Å². The summed E-state index contributed by atoms with van der Waals surface area (Å²) < 4.78 is 0. The van der Waals surface area contributed by atoms with Gasteiger partial charge in [-0.25, -0.2) is 4.98 Å². The molecule has 132 valence electrons. The van der Waals surface area contributed by atoms with Crippen molar-refractivity contribution in [3.63, 3.8) is 0 Å². The predicted octanol–water partition coefficient (Wildman–Crippen LogP) is 3.71. The molecule has 1 amide bonds. The molecule has 1 aromatic carbocycles. The molecule has 2 N–H and O–H groups in total. The summed E-state index contributed by atoms with van der Waals surface area (Å²) >= 11 is 0. The minimum Gasteiger partial charge on any atom is -0.347 e. The summed E-state index contributed by atoms with van der Waals surface area (Å²) in [6, 6.07) is 13.9. The van der Waals surface area contributed by atoms with E-state index in [1.54, 1.807) is 6.20 Å². The number of H-pyrrole nitrogens is 1. The Morgan fingerprint density at radius 1 is 1.19 bits per heavy atom. The smallest absolute Gasteiger partial charge is 0.223 e. The zero-order valence-electron chi connectivity index (χ0n) is 14.6. The van der Waals surface area contributed by atoms with E-state index in [0.717, 1.165) is 30.3 Å². The molecule has 26 heavy (non-hydrogen) atoms. The second-order valence-electron chi connectivity index (χ2n) is 6.74. The van der Waals surface area contributed by atoms with E-state index in [-0.39, 0.29) is 17.9 Å². The second-order valence-corrected chi connectivity index (χ2v) is 6.74. The molecule has 3 aromatic rings. The first-order valence-electron chi connectivity index (χ1n) is 9.09. The normalized spacial score (nSPS) is 17.9. The van der Waals surface area contributed by atoms with Crippen molar-refractivity contribution in [2.24, 2.45) is 5.92 Å². The lowest BCUT2D eigenvalue weighted by molar-refractivity contribution is -0.126. The van der Waals surface area contributed by atoms with Crippen molar-refractivity contribution in [3.8, 4) is 0 Å². The molecule has 5 heteroatoms. The maximum Gasteiger partial charge on any atom is 0.223 e. The minimum atomic E-state index is -0.162. The summed E-state index contributed by atoms with van der Waals surface area (Å²) in [7, 11) is 0. The van der Waals surface area contributed by atoms with Crippen LogP contribution in [0.15, 0.2) is 60.8 Å². The molecule has 0 bridgehead atoms. The summed E-state index contributed by atoms with van der Waals surface area (Å²) in [4.78, 5) is 17.1. The van der Waals surface area contributed by atoms with Gasteiger partial charge in [-0.15, -0.1) is 0 Å². The average Bonchev–Trinajstić information content (AvgIpc) is 3.13. The standard InChI is InChI=1S/C21H22N4O/c26-21(16-10-5-2-6-11-16)23-18(14-15-8-3-1-4-9-15)19-17-12-7-13-22-20(17)25-24-19/h1-5,7-9,12-13,16,18H,6,10-11,14H2,(H,23,26)(H,22,24,25). The van der Waals surface area contributed by atoms with Crippen LogP contribution in [0.25, 0.3) is 11.0 Å². The lowest BCUT2D eigenvalue weighted by Gasteiger charge is -2.23. The third kappa shape index (κ3) is 3.52. The number of aromatic nitrogens is 3. The fourth-order valence-electron chi connectivity index (χ4n) is 3.53. The molecule has 2 atom stereocenters. The third-order valence-corrected chi connectivity index (χ3v) is 4.95. The van der Waals surface area contributed by atoms with Crippen molar-refractivity contribution >= 4 is 16.9 Å². The highest BCUT2D eigenvalue weighted by atomic mass is 16.1. The summed E-state index contributed by atoms with van der Waals surface area (Å²) in [5.74, 6) is 0.160. The van der Waals surface area contributed by atoms with Gasteiger partial charge in [0.2, 0.25) is 5.91 Å². The van der Waals surface area contributed by atoms with Crippen LogP contribution in [0.5, 0.6) is 0 Å². The minimum absolute atomic E-state index is 0.0468. The molecular weight excluding hydrogens is 324 g/mol. The van der Waals surface area contributed by atoms with Crippen molar-refractivity contribution in [2.45, 2.75) is 31.7 Å². The Hall–Kier alpha value is -2.95. The van der Waals surface area contributed by atoms with E-state index in [1.807, 2.05) is 30.3 Å². The van der Waals surface area contributed by atoms with Crippen LogP contribution in [-0.4, -0.2) is 21.1 Å². The fourth-order valence-corrected chi connectivity index (χ4v) is 3.53. The number of hydrogen-bond acceptors (Lipinski definition) is 3. The van der Waals surface area contributed by atoms with Crippen molar-refractivity contribution in [1.82, 2.24) is 20.5 Å². The number of hydrogen-bond donors (Lipinski definition) is 2. The quantitative estimate of drug-likeness (QED) is 0.692. The Labute approximate surface area is 152 Å². The molecule has 0 saturated heterocycles. The van der Waals surface area contributed by atoms with Crippen LogP contribution in [0.4, 0.5) is 0 Å². The zero-order valence-corrected chi connectivity index (χ0v) is 14.6. The van der Waals surface area contributed by atoms with Crippen LogP contribution in [0.1, 0.15) is 36.6 Å². The second kappa shape index (κ2) is 7.52. The fraction of sp³-hybridized carbons (Fsp3) is 0.286. The summed E-state index contributed by atoms with van der Waals surface area (Å²) in [5.41, 5.74) is 2.76. The first-order chi connectivity index (χ1) is 12.8. The number of nitrogens with one attached hydrogen (secondary N) is 2. The van der Waals surface area contributed by atoms with Crippen LogP contribution in [-0.2, 0) is 11.2 Å². The van der Waals surface area contributed by atoms with Gasteiger partial charge in [0.25, 0.3) is 0 Å². The number of carbonyl (C=O) groups excluding carboxylic acids is 1. The summed E-state index contributed by atoms with van der Waals surface area (Å²) in [6.07, 6.45) is 9.39. The summed E-state index contributed by atoms with van der Waals surface area (Å²) in [6.45, 7) is 0. The van der Waals surface area contributed by atoms with Gasteiger partial charge in [0.15, 0.2) is 5.65 Å². The monoisotopic (exact) mass is 346 g/mol. The van der Waals surface area contributed by atoms with Gasteiger partial charge >= 0.3 is 0 Å². The number of amides is 1. The molecule has 5 nitrogen and oxygen atoms in total. The van der Waals surface area contributed by atoms with Gasteiger partial charge < -0.3 is 5.32 Å². The van der Waals surface area contributed by atoms with Crippen molar-refractivity contribution < 1.29 is 4.79 Å². The highest BCUT2D eigenvalue weighted by molar-refractivity contribution is 5.82. The number of nitrogens with zero attached hydrogens (tertiary/aromatic N) is 2. The third-order valence-electron chi connectivity index (χ3n) is 4.95. The molecule has 1 aliphatic rings. The molecule has 0 fully saturated rings. The van der Waals surface area contributed by atoms with Gasteiger partial charge in [-0.1, -0.05) is 42.5 Å². The maximum absolute atomic E-state index is 12.8. The number of allylic oxidation sites excluding steroid dienone is 2. The van der Waals surface area contributed by atoms with E-state index in [2.05, 4.69) is 44.8 Å². The van der Waals surface area contributed by atoms with Crippen LogP contribution in [0.2, 0.25) is 0 Å². The molecule has 2 aromatic heterocycles. The lowest BCUT2D eigenvalue weighted by Crippen LogP contribution is -2.35. The molecule has 2 unspecified atom stereocenters. The number of carbonyl (C=O) groups is 1. The average molecular weight is 346 g/mol. The number of aromatic amines is 1. The number of pyridine rings is 1. The largest absolute Gasteiger partial charge is 0.347 e. The Kier molecular flexibility index (Phi) is 4.78. The lowest BCUT2D eigenvalue weighted by atomic mass is 9.92. The molecule has 4 rings (SSSR count). The Bertz CT molecular complexity index is 916. The number of fused-ring (bicyclic) bond motifs is 1. The van der Waals surface area contributed by atoms with Gasteiger partial charge in [-0.2, -0.15) is 5.10 Å². The van der Waals surface area contributed by atoms with Crippen LogP contribution >= 0.6 is 0 Å². The van der Waals surface area contributed by atoms with Gasteiger partial charge in [0.05, 0.1) is 11.7 Å². The zero-order chi connectivity index (χ0) is 17.8. The van der Waals surface area contributed by atoms with E-state index in [9.17, 15) is 4.79 Å². The van der Waals surface area contributed by atoms with Gasteiger partial charge in [0.1, 0.15) is 0 Å². The Morgan fingerprint density at radius 3 is 2.88 bits per heavy atom. The van der Waals surface area contributed by atoms with Crippen LogP contribution in [0, 0.1) is 5.92 Å². The van der Waals surface area contributed by atoms with E-state index in [0.29, 0.717) is 12.1 Å². The van der Waals surface area contributed by atoms with Gasteiger partial charge in [-0.05, 0) is 43.4 Å². The molecule has 1 aliphatic carbocycles. The molecule has 0 saturated carbocycles. The molecule has 0 aliphatic heterocycles. The van der Waals surface area contributed by atoms with Crippen molar-refractivity contribution in [3.05, 3.63) is 72.1 Å². The molecule has 2 heterocycles. The summed E-state index contributed by atoms with van der Waals surface area (Å²) in [5, 5.41) is 11.6. The SMILES string of the molecule is O=C(NC(Cc1ccccc1)c1[nH]nc2ncccc12)C1CC=CCC1. The highest BCUT2D eigenvalue weighted by Gasteiger charge is 2.25. The predicted molar refractivity (Wildman–Crippen MR) is 101 cm³/mol. The maximum atomic E-state index is 12.8. The first kappa shape index (κ1) is 16.5. The van der Waals surface area contributed by atoms with E-state index in [4.69, 9.17) is 0 Å². The molecule has 0 radical (unpaired) electrons. The number of benzene rings is 1. The Morgan fingerprint density at radius 2 is 2.08 bits per heavy atom.